The summed E-state index contributed by atoms with van der Waals surface area (Å²) < 4.78 is 56.1. The van der Waals surface area contributed by atoms with E-state index in [9.17, 15) is 16.4 Å². The molecule has 100 valence electrons. The fourth-order valence-corrected chi connectivity index (χ4v) is 7.07. The normalized spacial score (nSPS) is 12.4. The molecule has 0 saturated carbocycles. The lowest BCUT2D eigenvalue weighted by Crippen LogP contribution is -2.51. The van der Waals surface area contributed by atoms with Crippen LogP contribution >= 0.6 is 0 Å². The average molecular weight is 300 g/mol. The molecule has 0 aromatic heterocycles. The Bertz CT molecular complexity index is 479. The van der Waals surface area contributed by atoms with Gasteiger partial charge in [-0.05, 0) is 0 Å². The van der Waals surface area contributed by atoms with E-state index in [1.165, 1.54) is 48.5 Å². The van der Waals surface area contributed by atoms with Crippen LogP contribution < -0.4 is 10.4 Å². The Morgan fingerprint density at radius 1 is 0.579 bits per heavy atom. The molecule has 0 spiro atoms. The zero-order chi connectivity index (χ0) is 13.9. The van der Waals surface area contributed by atoms with Gasteiger partial charge in [-0.25, -0.2) is 0 Å². The molecule has 0 unspecified atom stereocenters. The molecule has 2 rings (SSSR count). The summed E-state index contributed by atoms with van der Waals surface area (Å²) in [7, 11) is -10.2. The Labute approximate surface area is 111 Å². The molecule has 0 aliphatic rings. The monoisotopic (exact) mass is 300 g/mol. The minimum absolute atomic E-state index is 0.224. The summed E-state index contributed by atoms with van der Waals surface area (Å²) in [5, 5.41) is -0.448. The standard InChI is InChI=1S/C13H12F4Si2/c14-18(15,12-7-3-1-4-8-12)11-19(16,17)13-9-5-2-6-10-13/h1-10H,11H2. The zero-order valence-electron chi connectivity index (χ0n) is 9.99. The molecular weight excluding hydrogens is 288 g/mol. The maximum Gasteiger partial charge on any atom is 0.458 e. The Balaban J connectivity index is 2.25. The van der Waals surface area contributed by atoms with Crippen molar-refractivity contribution in [3.8, 4) is 0 Å². The first-order valence-electron chi connectivity index (χ1n) is 5.78. The van der Waals surface area contributed by atoms with Gasteiger partial charge in [0.2, 0.25) is 0 Å². The topological polar surface area (TPSA) is 0 Å². The highest BCUT2D eigenvalue weighted by molar-refractivity contribution is 6.96. The van der Waals surface area contributed by atoms with Gasteiger partial charge in [-0.1, -0.05) is 60.7 Å². The molecule has 0 saturated heterocycles. The highest BCUT2D eigenvalue weighted by Gasteiger charge is 2.52. The van der Waals surface area contributed by atoms with Crippen molar-refractivity contribution in [1.82, 2.24) is 0 Å². The van der Waals surface area contributed by atoms with Crippen LogP contribution in [0.1, 0.15) is 0 Å². The molecule has 0 amide bonds. The van der Waals surface area contributed by atoms with Crippen molar-refractivity contribution in [2.45, 2.75) is 5.67 Å². The van der Waals surface area contributed by atoms with Gasteiger partial charge in [0, 0.05) is 10.4 Å². The van der Waals surface area contributed by atoms with Crippen LogP contribution in [0, 0.1) is 0 Å². The second kappa shape index (κ2) is 5.30. The summed E-state index contributed by atoms with van der Waals surface area (Å²) in [6, 6.07) is 14.0. The van der Waals surface area contributed by atoms with E-state index in [2.05, 4.69) is 0 Å². The van der Waals surface area contributed by atoms with Crippen LogP contribution in [0.2, 0.25) is 5.67 Å². The van der Waals surface area contributed by atoms with E-state index in [0.29, 0.717) is 0 Å². The van der Waals surface area contributed by atoms with Crippen molar-refractivity contribution >= 4 is 27.9 Å². The largest absolute Gasteiger partial charge is 0.458 e. The molecule has 0 N–H and O–H groups in total. The molecule has 0 bridgehead atoms. The third-order valence-corrected chi connectivity index (χ3v) is 8.74. The number of hydrogen-bond donors (Lipinski definition) is 0. The van der Waals surface area contributed by atoms with E-state index in [4.69, 9.17) is 0 Å². The second-order valence-electron chi connectivity index (χ2n) is 4.32. The molecular formula is C13H12F4Si2. The maximum atomic E-state index is 14.0. The molecule has 0 fully saturated rings. The number of rotatable bonds is 4. The summed E-state index contributed by atoms with van der Waals surface area (Å²) in [5.74, 6) is 0. The van der Waals surface area contributed by atoms with Crippen LogP contribution in [0.4, 0.5) is 16.4 Å². The number of halogens is 4. The van der Waals surface area contributed by atoms with Gasteiger partial charge in [-0.3, -0.25) is 16.4 Å². The van der Waals surface area contributed by atoms with Crippen molar-refractivity contribution in [3.05, 3.63) is 60.7 Å². The van der Waals surface area contributed by atoms with Crippen LogP contribution in [-0.2, 0) is 0 Å². The Morgan fingerprint density at radius 3 is 1.21 bits per heavy atom. The van der Waals surface area contributed by atoms with Crippen LogP contribution in [0.15, 0.2) is 60.7 Å². The van der Waals surface area contributed by atoms with Gasteiger partial charge in [0.25, 0.3) is 0 Å². The lowest BCUT2D eigenvalue weighted by molar-refractivity contribution is 0.594. The molecule has 0 atom stereocenters. The summed E-state index contributed by atoms with van der Waals surface area (Å²) >= 11 is 0. The third-order valence-electron chi connectivity index (χ3n) is 2.84. The Morgan fingerprint density at radius 2 is 0.895 bits per heavy atom. The molecule has 0 nitrogen and oxygen atoms in total. The van der Waals surface area contributed by atoms with Crippen molar-refractivity contribution in [2.75, 3.05) is 0 Å². The van der Waals surface area contributed by atoms with Gasteiger partial charge in [-0.2, -0.15) is 0 Å². The molecule has 6 heteroatoms. The first-order valence-corrected chi connectivity index (χ1v) is 9.71. The quantitative estimate of drug-likeness (QED) is 0.462. The van der Waals surface area contributed by atoms with Crippen molar-refractivity contribution in [1.29, 1.82) is 0 Å². The predicted molar refractivity (Wildman–Crippen MR) is 72.9 cm³/mol. The minimum Gasteiger partial charge on any atom is -0.265 e. The van der Waals surface area contributed by atoms with E-state index in [1.54, 1.807) is 12.1 Å². The van der Waals surface area contributed by atoms with Gasteiger partial charge < -0.3 is 0 Å². The van der Waals surface area contributed by atoms with Crippen LogP contribution in [0.25, 0.3) is 0 Å². The molecule has 0 aliphatic heterocycles. The summed E-state index contributed by atoms with van der Waals surface area (Å²) in [6.07, 6.45) is 0. The first-order chi connectivity index (χ1) is 8.92. The van der Waals surface area contributed by atoms with E-state index >= 15 is 0 Å². The van der Waals surface area contributed by atoms with Crippen molar-refractivity contribution in [2.24, 2.45) is 0 Å². The van der Waals surface area contributed by atoms with Crippen LogP contribution in [0.3, 0.4) is 0 Å². The molecule has 0 aliphatic carbocycles. The minimum atomic E-state index is -5.09. The Hall–Kier alpha value is -1.41. The van der Waals surface area contributed by atoms with Crippen molar-refractivity contribution < 1.29 is 16.4 Å². The predicted octanol–water partition coefficient (Wildman–Crippen LogP) is 3.10. The van der Waals surface area contributed by atoms with Gasteiger partial charge in [0.1, 0.15) is 0 Å². The molecule has 2 aromatic carbocycles. The summed E-state index contributed by atoms with van der Waals surface area (Å²) in [5.41, 5.74) is -1.26. The van der Waals surface area contributed by atoms with E-state index < -0.39 is 23.2 Å². The van der Waals surface area contributed by atoms with E-state index in [-0.39, 0.29) is 10.4 Å². The molecule has 0 radical (unpaired) electrons. The van der Waals surface area contributed by atoms with Gasteiger partial charge >= 0.3 is 17.5 Å². The maximum absolute atomic E-state index is 14.0. The highest BCUT2D eigenvalue weighted by atomic mass is 28.5. The van der Waals surface area contributed by atoms with Gasteiger partial charge in [0.15, 0.2) is 0 Å². The summed E-state index contributed by atoms with van der Waals surface area (Å²) in [4.78, 5) is 0. The first kappa shape index (κ1) is 14.0. The molecule has 0 heterocycles. The summed E-state index contributed by atoms with van der Waals surface area (Å²) in [6.45, 7) is 0. The fraction of sp³-hybridized carbons (Fsp3) is 0.0769. The second-order valence-corrected chi connectivity index (χ2v) is 9.70. The van der Waals surface area contributed by atoms with E-state index in [0.717, 1.165) is 0 Å². The number of benzene rings is 2. The Kier molecular flexibility index (Phi) is 3.91. The van der Waals surface area contributed by atoms with Crippen molar-refractivity contribution in [3.63, 3.8) is 0 Å². The zero-order valence-corrected chi connectivity index (χ0v) is 12.0. The molecule has 19 heavy (non-hydrogen) atoms. The third kappa shape index (κ3) is 3.33. The number of hydrogen-bond acceptors (Lipinski definition) is 0. The lowest BCUT2D eigenvalue weighted by atomic mass is 10.4. The average Bonchev–Trinajstić information content (AvgIpc) is 2.40. The van der Waals surface area contributed by atoms with Crippen LogP contribution in [0.5, 0.6) is 0 Å². The molecule has 2 aromatic rings. The lowest BCUT2D eigenvalue weighted by Gasteiger charge is -2.19. The SMILES string of the molecule is F[Si](F)(C[Si](F)(F)c1ccccc1)c1ccccc1. The fourth-order valence-electron chi connectivity index (χ4n) is 1.85. The van der Waals surface area contributed by atoms with Gasteiger partial charge in [0.05, 0.1) is 5.67 Å². The smallest absolute Gasteiger partial charge is 0.265 e. The van der Waals surface area contributed by atoms with Gasteiger partial charge in [-0.15, -0.1) is 0 Å². The van der Waals surface area contributed by atoms with E-state index in [1.807, 2.05) is 0 Å². The highest BCUT2D eigenvalue weighted by Crippen LogP contribution is 2.24. The van der Waals surface area contributed by atoms with Crippen LogP contribution in [-0.4, -0.2) is 17.5 Å².